The molecule has 2 amide bonds. The van der Waals surface area contributed by atoms with Crippen molar-refractivity contribution in [3.05, 3.63) is 51.5 Å². The van der Waals surface area contributed by atoms with Gasteiger partial charge in [-0.3, -0.25) is 9.59 Å². The van der Waals surface area contributed by atoms with Crippen molar-refractivity contribution in [1.82, 2.24) is 15.6 Å². The molecule has 0 radical (unpaired) electrons. The Kier molecular flexibility index (Phi) is 6.09. The van der Waals surface area contributed by atoms with Gasteiger partial charge in [-0.05, 0) is 26.0 Å². The smallest absolute Gasteiger partial charge is 0.251 e. The molecule has 1 heterocycles. The van der Waals surface area contributed by atoms with Gasteiger partial charge < -0.3 is 10.6 Å². The predicted molar refractivity (Wildman–Crippen MR) is 96.3 cm³/mol. The van der Waals surface area contributed by atoms with Gasteiger partial charge in [-0.2, -0.15) is 0 Å². The molecule has 2 N–H and O–H groups in total. The third kappa shape index (κ3) is 4.89. The first kappa shape index (κ1) is 18.1. The molecule has 0 saturated heterocycles. The second kappa shape index (κ2) is 8.06. The SMILES string of the molecule is Cc1cccc(C(=O)NCC(=O)N[C@H](C)c2csc(C(C)C)n2)c1. The molecular formula is C18H23N3O2S. The van der Waals surface area contributed by atoms with Gasteiger partial charge in [0.25, 0.3) is 5.91 Å². The van der Waals surface area contributed by atoms with E-state index < -0.39 is 0 Å². The summed E-state index contributed by atoms with van der Waals surface area (Å²) >= 11 is 1.60. The van der Waals surface area contributed by atoms with Crippen molar-refractivity contribution in [2.75, 3.05) is 6.54 Å². The lowest BCUT2D eigenvalue weighted by molar-refractivity contribution is -0.120. The molecule has 24 heavy (non-hydrogen) atoms. The zero-order valence-electron chi connectivity index (χ0n) is 14.4. The number of nitrogens with one attached hydrogen (secondary N) is 2. The average Bonchev–Trinajstić information content (AvgIpc) is 3.03. The number of amides is 2. The fourth-order valence-corrected chi connectivity index (χ4v) is 3.11. The van der Waals surface area contributed by atoms with Gasteiger partial charge in [-0.1, -0.05) is 31.5 Å². The van der Waals surface area contributed by atoms with Crippen molar-refractivity contribution >= 4 is 23.2 Å². The zero-order chi connectivity index (χ0) is 17.7. The maximum absolute atomic E-state index is 12.0. The highest BCUT2D eigenvalue weighted by Crippen LogP contribution is 2.22. The molecule has 0 spiro atoms. The first-order chi connectivity index (χ1) is 11.4. The van der Waals surface area contributed by atoms with Crippen LogP contribution in [0.2, 0.25) is 0 Å². The Bertz CT molecular complexity index is 725. The van der Waals surface area contributed by atoms with E-state index in [-0.39, 0.29) is 24.4 Å². The summed E-state index contributed by atoms with van der Waals surface area (Å²) in [6.07, 6.45) is 0. The Labute approximate surface area is 146 Å². The summed E-state index contributed by atoms with van der Waals surface area (Å²) < 4.78 is 0. The number of hydrogen-bond acceptors (Lipinski definition) is 4. The summed E-state index contributed by atoms with van der Waals surface area (Å²) in [4.78, 5) is 28.6. The van der Waals surface area contributed by atoms with Crippen LogP contribution >= 0.6 is 11.3 Å². The van der Waals surface area contributed by atoms with Gasteiger partial charge in [0.1, 0.15) is 0 Å². The van der Waals surface area contributed by atoms with E-state index in [1.807, 2.05) is 31.4 Å². The van der Waals surface area contributed by atoms with Crippen molar-refractivity contribution in [2.45, 2.75) is 39.7 Å². The molecule has 1 aromatic heterocycles. The van der Waals surface area contributed by atoms with E-state index in [0.29, 0.717) is 11.5 Å². The Balaban J connectivity index is 1.85. The van der Waals surface area contributed by atoms with Gasteiger partial charge in [0.05, 0.1) is 23.3 Å². The Hall–Kier alpha value is -2.21. The van der Waals surface area contributed by atoms with Crippen LogP contribution in [0, 0.1) is 6.92 Å². The van der Waals surface area contributed by atoms with Gasteiger partial charge >= 0.3 is 0 Å². The van der Waals surface area contributed by atoms with Gasteiger partial charge in [0.2, 0.25) is 5.91 Å². The molecule has 2 aromatic rings. The van der Waals surface area contributed by atoms with E-state index in [0.717, 1.165) is 16.3 Å². The minimum atomic E-state index is -0.253. The molecule has 0 aliphatic heterocycles. The van der Waals surface area contributed by atoms with E-state index in [1.54, 1.807) is 23.5 Å². The maximum atomic E-state index is 12.0. The molecule has 0 aliphatic carbocycles. The van der Waals surface area contributed by atoms with Crippen LogP contribution in [-0.4, -0.2) is 23.3 Å². The number of aryl methyl sites for hydroxylation is 1. The van der Waals surface area contributed by atoms with Gasteiger partial charge in [-0.15, -0.1) is 11.3 Å². The minimum absolute atomic E-state index is 0.0573. The number of nitrogens with zero attached hydrogens (tertiary/aromatic N) is 1. The van der Waals surface area contributed by atoms with Crippen LogP contribution < -0.4 is 10.6 Å². The van der Waals surface area contributed by atoms with Crippen LogP contribution in [0.4, 0.5) is 0 Å². The van der Waals surface area contributed by atoms with Crippen molar-refractivity contribution in [2.24, 2.45) is 0 Å². The van der Waals surface area contributed by atoms with E-state index in [4.69, 9.17) is 0 Å². The number of aromatic nitrogens is 1. The summed E-state index contributed by atoms with van der Waals surface area (Å²) in [7, 11) is 0. The van der Waals surface area contributed by atoms with Crippen molar-refractivity contribution < 1.29 is 9.59 Å². The van der Waals surface area contributed by atoms with Crippen molar-refractivity contribution in [1.29, 1.82) is 0 Å². The number of benzene rings is 1. The maximum Gasteiger partial charge on any atom is 0.251 e. The van der Waals surface area contributed by atoms with Crippen LogP contribution in [0.3, 0.4) is 0 Å². The highest BCUT2D eigenvalue weighted by Gasteiger charge is 2.15. The molecular weight excluding hydrogens is 322 g/mol. The van der Waals surface area contributed by atoms with Crippen LogP contribution in [0.15, 0.2) is 29.6 Å². The topological polar surface area (TPSA) is 71.1 Å². The summed E-state index contributed by atoms with van der Waals surface area (Å²) in [6.45, 7) is 7.93. The molecule has 0 fully saturated rings. The van der Waals surface area contributed by atoms with Crippen LogP contribution in [0.1, 0.15) is 59.4 Å². The van der Waals surface area contributed by atoms with Crippen molar-refractivity contribution in [3.8, 4) is 0 Å². The monoisotopic (exact) mass is 345 g/mol. The largest absolute Gasteiger partial charge is 0.346 e. The number of hydrogen-bond donors (Lipinski definition) is 2. The lowest BCUT2D eigenvalue weighted by atomic mass is 10.1. The first-order valence-corrected chi connectivity index (χ1v) is 8.84. The molecule has 0 aliphatic rings. The Morgan fingerprint density at radius 3 is 2.62 bits per heavy atom. The van der Waals surface area contributed by atoms with Gasteiger partial charge in [0.15, 0.2) is 0 Å². The highest BCUT2D eigenvalue weighted by atomic mass is 32.1. The minimum Gasteiger partial charge on any atom is -0.346 e. The summed E-state index contributed by atoms with van der Waals surface area (Å²) in [6, 6.07) is 7.08. The number of carbonyl (C=O) groups excluding carboxylic acids is 2. The van der Waals surface area contributed by atoms with Gasteiger partial charge in [-0.25, -0.2) is 4.98 Å². The molecule has 5 nitrogen and oxygen atoms in total. The second-order valence-corrected chi connectivity index (χ2v) is 7.00. The normalized spacial score (nSPS) is 12.0. The average molecular weight is 345 g/mol. The van der Waals surface area contributed by atoms with Crippen LogP contribution in [0.5, 0.6) is 0 Å². The van der Waals surface area contributed by atoms with E-state index in [2.05, 4.69) is 29.5 Å². The fourth-order valence-electron chi connectivity index (χ4n) is 2.18. The molecule has 128 valence electrons. The molecule has 0 saturated carbocycles. The lowest BCUT2D eigenvalue weighted by Crippen LogP contribution is -2.38. The quantitative estimate of drug-likeness (QED) is 0.845. The number of carbonyl (C=O) groups is 2. The molecule has 0 bridgehead atoms. The summed E-state index contributed by atoms with van der Waals surface area (Å²) in [5.74, 6) is -0.111. The molecule has 1 aromatic carbocycles. The molecule has 1 atom stereocenters. The van der Waals surface area contributed by atoms with E-state index in [9.17, 15) is 9.59 Å². The summed E-state index contributed by atoms with van der Waals surface area (Å²) in [5.41, 5.74) is 2.41. The highest BCUT2D eigenvalue weighted by molar-refractivity contribution is 7.09. The third-order valence-electron chi connectivity index (χ3n) is 3.54. The lowest BCUT2D eigenvalue weighted by Gasteiger charge is -2.12. The van der Waals surface area contributed by atoms with E-state index >= 15 is 0 Å². The molecule has 6 heteroatoms. The summed E-state index contributed by atoms with van der Waals surface area (Å²) in [5, 5.41) is 8.51. The Morgan fingerprint density at radius 2 is 2.00 bits per heavy atom. The fraction of sp³-hybridized carbons (Fsp3) is 0.389. The third-order valence-corrected chi connectivity index (χ3v) is 4.71. The molecule has 2 rings (SSSR count). The zero-order valence-corrected chi connectivity index (χ0v) is 15.2. The van der Waals surface area contributed by atoms with Crippen LogP contribution in [-0.2, 0) is 4.79 Å². The standard InChI is InChI=1S/C18H23N3O2S/c1-11(2)18-21-15(10-24-18)13(4)20-16(22)9-19-17(23)14-7-5-6-12(3)8-14/h5-8,10-11,13H,9H2,1-4H3,(H,19,23)(H,20,22)/t13-/m1/s1. The predicted octanol–water partition coefficient (Wildman–Crippen LogP) is 3.18. The Morgan fingerprint density at radius 1 is 1.25 bits per heavy atom. The van der Waals surface area contributed by atoms with E-state index in [1.165, 1.54) is 0 Å². The van der Waals surface area contributed by atoms with Gasteiger partial charge in [0, 0.05) is 16.9 Å². The number of rotatable bonds is 6. The number of thiazole rings is 1. The first-order valence-electron chi connectivity index (χ1n) is 7.96. The molecule has 0 unspecified atom stereocenters. The second-order valence-electron chi connectivity index (χ2n) is 6.11. The van der Waals surface area contributed by atoms with Crippen LogP contribution in [0.25, 0.3) is 0 Å². The van der Waals surface area contributed by atoms with Crippen molar-refractivity contribution in [3.63, 3.8) is 0 Å².